The zero-order valence-electron chi connectivity index (χ0n) is 11.9. The van der Waals surface area contributed by atoms with Crippen molar-refractivity contribution in [2.75, 3.05) is 14.2 Å². The SMILES string of the molecule is CNCc1ccc(OCc2ccc(Cl)nc2)c(OC)c1.Cl. The Morgan fingerprint density at radius 2 is 1.90 bits per heavy atom. The summed E-state index contributed by atoms with van der Waals surface area (Å²) in [5.41, 5.74) is 2.10. The van der Waals surface area contributed by atoms with Gasteiger partial charge in [-0.1, -0.05) is 23.7 Å². The van der Waals surface area contributed by atoms with Gasteiger partial charge >= 0.3 is 0 Å². The first-order valence-corrected chi connectivity index (χ1v) is 6.65. The number of hydrogen-bond acceptors (Lipinski definition) is 4. The number of aromatic nitrogens is 1. The van der Waals surface area contributed by atoms with E-state index in [1.54, 1.807) is 19.4 Å². The molecule has 0 aliphatic carbocycles. The van der Waals surface area contributed by atoms with Crippen LogP contribution >= 0.6 is 24.0 Å². The van der Waals surface area contributed by atoms with Crippen molar-refractivity contribution in [3.63, 3.8) is 0 Å². The van der Waals surface area contributed by atoms with E-state index in [0.29, 0.717) is 17.5 Å². The first-order chi connectivity index (χ1) is 9.72. The van der Waals surface area contributed by atoms with Gasteiger partial charge in [-0.2, -0.15) is 0 Å². The molecule has 0 bridgehead atoms. The Morgan fingerprint density at radius 3 is 2.52 bits per heavy atom. The van der Waals surface area contributed by atoms with Crippen LogP contribution in [-0.4, -0.2) is 19.1 Å². The van der Waals surface area contributed by atoms with Crippen LogP contribution in [0, 0.1) is 0 Å². The van der Waals surface area contributed by atoms with Crippen LogP contribution in [0.1, 0.15) is 11.1 Å². The Labute approximate surface area is 135 Å². The van der Waals surface area contributed by atoms with Crippen LogP contribution in [0.4, 0.5) is 0 Å². The number of pyridine rings is 1. The highest BCUT2D eigenvalue weighted by molar-refractivity contribution is 6.29. The zero-order valence-corrected chi connectivity index (χ0v) is 13.5. The average molecular weight is 329 g/mol. The molecule has 1 aromatic carbocycles. The Bertz CT molecular complexity index is 562. The molecule has 6 heteroatoms. The smallest absolute Gasteiger partial charge is 0.161 e. The summed E-state index contributed by atoms with van der Waals surface area (Å²) in [6, 6.07) is 9.51. The van der Waals surface area contributed by atoms with E-state index in [9.17, 15) is 0 Å². The molecule has 21 heavy (non-hydrogen) atoms. The number of methoxy groups -OCH3 is 1. The van der Waals surface area contributed by atoms with Crippen LogP contribution in [0.3, 0.4) is 0 Å². The molecule has 0 spiro atoms. The second-order valence-electron chi connectivity index (χ2n) is 4.29. The minimum atomic E-state index is 0. The summed E-state index contributed by atoms with van der Waals surface area (Å²) in [6.07, 6.45) is 1.70. The summed E-state index contributed by atoms with van der Waals surface area (Å²) < 4.78 is 11.1. The maximum Gasteiger partial charge on any atom is 0.161 e. The average Bonchev–Trinajstić information content (AvgIpc) is 2.47. The quantitative estimate of drug-likeness (QED) is 0.824. The summed E-state index contributed by atoms with van der Waals surface area (Å²) in [5, 5.41) is 3.58. The van der Waals surface area contributed by atoms with Gasteiger partial charge in [0.15, 0.2) is 11.5 Å². The molecule has 2 rings (SSSR count). The molecule has 0 fully saturated rings. The third-order valence-electron chi connectivity index (χ3n) is 2.79. The van der Waals surface area contributed by atoms with E-state index in [0.717, 1.165) is 23.4 Å². The molecule has 0 saturated carbocycles. The predicted octanol–water partition coefficient (Wildman–Crippen LogP) is 3.46. The lowest BCUT2D eigenvalue weighted by molar-refractivity contribution is 0.284. The van der Waals surface area contributed by atoms with E-state index in [-0.39, 0.29) is 12.4 Å². The van der Waals surface area contributed by atoms with Gasteiger partial charge in [-0.05, 0) is 30.8 Å². The van der Waals surface area contributed by atoms with E-state index in [2.05, 4.69) is 10.3 Å². The highest BCUT2D eigenvalue weighted by Crippen LogP contribution is 2.28. The van der Waals surface area contributed by atoms with Crippen molar-refractivity contribution in [3.05, 3.63) is 52.8 Å². The first kappa shape index (κ1) is 17.6. The van der Waals surface area contributed by atoms with Gasteiger partial charge in [-0.15, -0.1) is 12.4 Å². The topological polar surface area (TPSA) is 43.4 Å². The molecule has 2 aromatic rings. The number of nitrogens with zero attached hydrogens (tertiary/aromatic N) is 1. The van der Waals surface area contributed by atoms with Crippen LogP contribution in [0.5, 0.6) is 11.5 Å². The Balaban J connectivity index is 0.00000220. The fraction of sp³-hybridized carbons (Fsp3) is 0.267. The minimum Gasteiger partial charge on any atom is -0.493 e. The fourth-order valence-corrected chi connectivity index (χ4v) is 1.91. The Kier molecular flexibility index (Phi) is 7.29. The van der Waals surface area contributed by atoms with Gasteiger partial charge in [0.05, 0.1) is 7.11 Å². The van der Waals surface area contributed by atoms with Crippen LogP contribution in [0.2, 0.25) is 5.15 Å². The number of halogens is 2. The van der Waals surface area contributed by atoms with Gasteiger partial charge in [-0.25, -0.2) is 4.98 Å². The summed E-state index contributed by atoms with van der Waals surface area (Å²) in [5.74, 6) is 1.43. The molecule has 1 aromatic heterocycles. The van der Waals surface area contributed by atoms with Crippen LogP contribution in [-0.2, 0) is 13.2 Å². The van der Waals surface area contributed by atoms with Gasteiger partial charge in [0, 0.05) is 18.3 Å². The first-order valence-electron chi connectivity index (χ1n) is 6.27. The van der Waals surface area contributed by atoms with Crippen molar-refractivity contribution in [1.82, 2.24) is 10.3 Å². The van der Waals surface area contributed by atoms with Crippen molar-refractivity contribution in [2.24, 2.45) is 0 Å². The highest BCUT2D eigenvalue weighted by Gasteiger charge is 2.06. The molecule has 0 aliphatic heterocycles. The van der Waals surface area contributed by atoms with Crippen LogP contribution in [0.25, 0.3) is 0 Å². The van der Waals surface area contributed by atoms with Crippen molar-refractivity contribution < 1.29 is 9.47 Å². The molecule has 1 heterocycles. The molecular formula is C15H18Cl2N2O2. The molecule has 0 atom stereocenters. The summed E-state index contributed by atoms with van der Waals surface area (Å²) in [4.78, 5) is 4.02. The Morgan fingerprint density at radius 1 is 1.14 bits per heavy atom. The second kappa shape index (κ2) is 8.72. The summed E-state index contributed by atoms with van der Waals surface area (Å²) in [7, 11) is 3.54. The molecule has 114 valence electrons. The van der Waals surface area contributed by atoms with E-state index in [1.165, 1.54) is 0 Å². The van der Waals surface area contributed by atoms with Crippen LogP contribution < -0.4 is 14.8 Å². The number of hydrogen-bond donors (Lipinski definition) is 1. The van der Waals surface area contributed by atoms with E-state index >= 15 is 0 Å². The third kappa shape index (κ3) is 5.08. The standard InChI is InChI=1S/C15H17ClN2O2.ClH/c1-17-8-11-3-5-13(14(7-11)19-2)20-10-12-4-6-15(16)18-9-12;/h3-7,9,17H,8,10H2,1-2H3;1H. The van der Waals surface area contributed by atoms with Gasteiger partial charge in [0.25, 0.3) is 0 Å². The number of benzene rings is 1. The van der Waals surface area contributed by atoms with Crippen molar-refractivity contribution >= 4 is 24.0 Å². The third-order valence-corrected chi connectivity index (χ3v) is 3.02. The number of ether oxygens (including phenoxy) is 2. The van der Waals surface area contributed by atoms with E-state index in [1.807, 2.05) is 31.3 Å². The molecule has 1 N–H and O–H groups in total. The lowest BCUT2D eigenvalue weighted by atomic mass is 10.2. The minimum absolute atomic E-state index is 0. The lowest BCUT2D eigenvalue weighted by Gasteiger charge is -2.12. The van der Waals surface area contributed by atoms with Gasteiger partial charge in [-0.3, -0.25) is 0 Å². The zero-order chi connectivity index (χ0) is 14.4. The largest absolute Gasteiger partial charge is 0.493 e. The van der Waals surface area contributed by atoms with Crippen molar-refractivity contribution in [1.29, 1.82) is 0 Å². The molecule has 0 aliphatic rings. The van der Waals surface area contributed by atoms with Gasteiger partial charge in [0.1, 0.15) is 11.8 Å². The van der Waals surface area contributed by atoms with Gasteiger partial charge < -0.3 is 14.8 Å². The monoisotopic (exact) mass is 328 g/mol. The second-order valence-corrected chi connectivity index (χ2v) is 4.68. The fourth-order valence-electron chi connectivity index (χ4n) is 1.80. The number of nitrogens with one attached hydrogen (secondary N) is 1. The Hall–Kier alpha value is -1.49. The van der Waals surface area contributed by atoms with E-state index < -0.39 is 0 Å². The maximum atomic E-state index is 5.76. The molecule has 0 saturated heterocycles. The normalized spacial score (nSPS) is 9.86. The molecule has 0 radical (unpaired) electrons. The van der Waals surface area contributed by atoms with Gasteiger partial charge in [0.2, 0.25) is 0 Å². The molecule has 0 unspecified atom stereocenters. The predicted molar refractivity (Wildman–Crippen MR) is 86.6 cm³/mol. The highest BCUT2D eigenvalue weighted by atomic mass is 35.5. The molecule has 0 amide bonds. The molecular weight excluding hydrogens is 311 g/mol. The van der Waals surface area contributed by atoms with Crippen LogP contribution in [0.15, 0.2) is 36.5 Å². The summed E-state index contributed by atoms with van der Waals surface area (Å²) >= 11 is 5.75. The lowest BCUT2D eigenvalue weighted by Crippen LogP contribution is -2.05. The molecule has 4 nitrogen and oxygen atoms in total. The summed E-state index contributed by atoms with van der Waals surface area (Å²) in [6.45, 7) is 1.21. The van der Waals surface area contributed by atoms with Crippen molar-refractivity contribution in [3.8, 4) is 11.5 Å². The van der Waals surface area contributed by atoms with E-state index in [4.69, 9.17) is 21.1 Å². The number of rotatable bonds is 6. The maximum absolute atomic E-state index is 5.76. The van der Waals surface area contributed by atoms with Crippen molar-refractivity contribution in [2.45, 2.75) is 13.2 Å².